The molecule has 3 heterocycles. The first-order valence-electron chi connectivity index (χ1n) is 7.84. The van der Waals surface area contributed by atoms with Crippen LogP contribution >= 0.6 is 0 Å². The first-order valence-corrected chi connectivity index (χ1v) is 9.23. The molecule has 1 aliphatic heterocycles. The van der Waals surface area contributed by atoms with E-state index in [0.29, 0.717) is 13.1 Å². The second-order valence-corrected chi connectivity index (χ2v) is 8.45. The van der Waals surface area contributed by atoms with Gasteiger partial charge in [-0.05, 0) is 18.8 Å². The zero-order valence-electron chi connectivity index (χ0n) is 14.1. The lowest BCUT2D eigenvalue weighted by Crippen LogP contribution is -2.38. The van der Waals surface area contributed by atoms with Crippen LogP contribution in [-0.2, 0) is 23.7 Å². The highest BCUT2D eigenvalue weighted by Gasteiger charge is 2.32. The number of aryl methyl sites for hydroxylation is 1. The van der Waals surface area contributed by atoms with Gasteiger partial charge in [0.25, 0.3) is 10.2 Å². The van der Waals surface area contributed by atoms with Crippen molar-refractivity contribution >= 4 is 10.2 Å². The summed E-state index contributed by atoms with van der Waals surface area (Å²) in [7, 11) is 1.65. The Morgan fingerprint density at radius 1 is 1.29 bits per heavy atom. The van der Waals surface area contributed by atoms with E-state index in [-0.39, 0.29) is 5.92 Å². The van der Waals surface area contributed by atoms with Crippen molar-refractivity contribution in [2.75, 3.05) is 27.2 Å². The Balaban J connectivity index is 1.69. The molecule has 1 fully saturated rings. The molecule has 1 unspecified atom stereocenters. The van der Waals surface area contributed by atoms with Gasteiger partial charge in [-0.2, -0.15) is 22.1 Å². The largest absolute Gasteiger partial charge is 0.281 e. The molecule has 2 aromatic heterocycles. The van der Waals surface area contributed by atoms with Gasteiger partial charge in [0.2, 0.25) is 0 Å². The number of hydrogen-bond donors (Lipinski definition) is 0. The van der Waals surface area contributed by atoms with Gasteiger partial charge < -0.3 is 0 Å². The molecule has 1 saturated heterocycles. The molecule has 0 bridgehead atoms. The Morgan fingerprint density at radius 3 is 2.75 bits per heavy atom. The molecule has 130 valence electrons. The van der Waals surface area contributed by atoms with Gasteiger partial charge in [-0.1, -0.05) is 0 Å². The molecule has 9 heteroatoms. The van der Waals surface area contributed by atoms with E-state index in [2.05, 4.69) is 15.1 Å². The summed E-state index contributed by atoms with van der Waals surface area (Å²) >= 11 is 0. The Labute approximate surface area is 142 Å². The van der Waals surface area contributed by atoms with Gasteiger partial charge >= 0.3 is 0 Å². The van der Waals surface area contributed by atoms with E-state index in [9.17, 15) is 8.42 Å². The molecule has 3 rings (SSSR count). The normalized spacial score (nSPS) is 19.2. The van der Waals surface area contributed by atoms with Crippen molar-refractivity contribution in [1.82, 2.24) is 28.4 Å². The molecule has 0 saturated carbocycles. The quantitative estimate of drug-likeness (QED) is 0.786. The van der Waals surface area contributed by atoms with Crippen molar-refractivity contribution < 1.29 is 8.42 Å². The number of aromatic nitrogens is 4. The Morgan fingerprint density at radius 2 is 2.08 bits per heavy atom. The van der Waals surface area contributed by atoms with Crippen LogP contribution in [0.5, 0.6) is 0 Å². The summed E-state index contributed by atoms with van der Waals surface area (Å²) in [4.78, 5) is 8.92. The van der Waals surface area contributed by atoms with Gasteiger partial charge in [0.15, 0.2) is 0 Å². The second-order valence-electron chi connectivity index (χ2n) is 6.31. The summed E-state index contributed by atoms with van der Waals surface area (Å²) in [6, 6.07) is 0. The molecule has 1 atom stereocenters. The second kappa shape index (κ2) is 6.58. The van der Waals surface area contributed by atoms with Crippen molar-refractivity contribution in [2.24, 2.45) is 13.0 Å². The lowest BCUT2D eigenvalue weighted by Gasteiger charge is -2.20. The molecule has 1 aliphatic rings. The van der Waals surface area contributed by atoms with Crippen molar-refractivity contribution in [3.8, 4) is 11.3 Å². The molecule has 0 N–H and O–H groups in total. The summed E-state index contributed by atoms with van der Waals surface area (Å²) in [5, 5.41) is 4.15. The lowest BCUT2D eigenvalue weighted by atomic mass is 10.0. The first-order chi connectivity index (χ1) is 11.4. The third kappa shape index (κ3) is 3.47. The summed E-state index contributed by atoms with van der Waals surface area (Å²) in [5.41, 5.74) is 2.59. The van der Waals surface area contributed by atoms with Gasteiger partial charge in [-0.3, -0.25) is 9.67 Å². The van der Waals surface area contributed by atoms with Crippen molar-refractivity contribution in [3.63, 3.8) is 0 Å². The molecular weight excluding hydrogens is 328 g/mol. The third-order valence-corrected chi connectivity index (χ3v) is 6.13. The smallest absolute Gasteiger partial charge is 0.275 e. The topological polar surface area (TPSA) is 84.2 Å². The van der Waals surface area contributed by atoms with Gasteiger partial charge in [0.05, 0.1) is 23.8 Å². The molecule has 0 amide bonds. The van der Waals surface area contributed by atoms with Crippen LogP contribution in [0.3, 0.4) is 0 Å². The highest BCUT2D eigenvalue weighted by molar-refractivity contribution is 7.86. The molecule has 0 aliphatic carbocycles. The van der Waals surface area contributed by atoms with Crippen LogP contribution in [0.4, 0.5) is 0 Å². The van der Waals surface area contributed by atoms with Crippen LogP contribution in [0.15, 0.2) is 24.8 Å². The molecule has 0 spiro atoms. The summed E-state index contributed by atoms with van der Waals surface area (Å²) < 4.78 is 28.9. The van der Waals surface area contributed by atoms with Gasteiger partial charge in [-0.15, -0.1) is 0 Å². The van der Waals surface area contributed by atoms with Crippen LogP contribution in [0.1, 0.15) is 12.1 Å². The molecule has 24 heavy (non-hydrogen) atoms. The van der Waals surface area contributed by atoms with E-state index >= 15 is 0 Å². The van der Waals surface area contributed by atoms with E-state index in [1.165, 1.54) is 8.61 Å². The Kier molecular flexibility index (Phi) is 4.66. The molecule has 2 aromatic rings. The number of hydrogen-bond acceptors (Lipinski definition) is 5. The molecule has 0 radical (unpaired) electrons. The average molecular weight is 350 g/mol. The maximum atomic E-state index is 12.2. The van der Waals surface area contributed by atoms with Crippen LogP contribution in [0, 0.1) is 5.92 Å². The first kappa shape index (κ1) is 17.0. The highest BCUT2D eigenvalue weighted by atomic mass is 32.2. The Bertz CT molecular complexity index is 817. The highest BCUT2D eigenvalue weighted by Crippen LogP contribution is 2.24. The van der Waals surface area contributed by atoms with Gasteiger partial charge in [-0.25, -0.2) is 4.98 Å². The van der Waals surface area contributed by atoms with E-state index in [4.69, 9.17) is 0 Å². The minimum atomic E-state index is -3.33. The number of nitrogens with zero attached hydrogens (tertiary/aromatic N) is 6. The Hall–Kier alpha value is -1.84. The van der Waals surface area contributed by atoms with Crippen LogP contribution in [0.2, 0.25) is 0 Å². The fraction of sp³-hybridized carbons (Fsp3) is 0.533. The zero-order chi connectivity index (χ0) is 17.3. The van der Waals surface area contributed by atoms with Crippen molar-refractivity contribution in [2.45, 2.75) is 12.8 Å². The fourth-order valence-corrected chi connectivity index (χ4v) is 4.09. The molecule has 8 nitrogen and oxygen atoms in total. The minimum Gasteiger partial charge on any atom is -0.275 e. The maximum absolute atomic E-state index is 12.2. The van der Waals surface area contributed by atoms with Crippen LogP contribution in [-0.4, -0.2) is 64.0 Å². The summed E-state index contributed by atoms with van der Waals surface area (Å²) in [6.45, 7) is 1.08. The van der Waals surface area contributed by atoms with Crippen molar-refractivity contribution in [3.05, 3.63) is 30.5 Å². The number of rotatable bonds is 5. The van der Waals surface area contributed by atoms with Gasteiger partial charge in [0.1, 0.15) is 0 Å². The van der Waals surface area contributed by atoms with Gasteiger partial charge in [0, 0.05) is 52.2 Å². The average Bonchev–Trinajstić information content (AvgIpc) is 3.17. The van der Waals surface area contributed by atoms with Crippen molar-refractivity contribution in [1.29, 1.82) is 0 Å². The third-order valence-electron chi connectivity index (χ3n) is 4.22. The molecule has 0 aromatic carbocycles. The maximum Gasteiger partial charge on any atom is 0.281 e. The monoisotopic (exact) mass is 350 g/mol. The predicted molar refractivity (Wildman–Crippen MR) is 90.2 cm³/mol. The summed E-state index contributed by atoms with van der Waals surface area (Å²) in [5.74, 6) is 0.262. The molecular formula is C15H22N6O2S. The summed E-state index contributed by atoms with van der Waals surface area (Å²) in [6.07, 6.45) is 8.69. The van der Waals surface area contributed by atoms with Crippen LogP contribution in [0.25, 0.3) is 11.3 Å². The fourth-order valence-electron chi connectivity index (χ4n) is 2.90. The lowest BCUT2D eigenvalue weighted by molar-refractivity contribution is 0.409. The van der Waals surface area contributed by atoms with E-state index in [1.807, 2.05) is 13.2 Å². The van der Waals surface area contributed by atoms with E-state index in [0.717, 1.165) is 29.8 Å². The minimum absolute atomic E-state index is 0.262. The van der Waals surface area contributed by atoms with E-state index < -0.39 is 10.2 Å². The zero-order valence-corrected chi connectivity index (χ0v) is 14.9. The van der Waals surface area contributed by atoms with Crippen LogP contribution < -0.4 is 0 Å². The van der Waals surface area contributed by atoms with E-state index in [1.54, 1.807) is 37.4 Å². The SMILES string of the molecule is CN(C)S(=O)(=O)N1CCC(Cc2cncc(-c3cnn(C)c3)n2)C1. The standard InChI is InChI=1S/C15H22N6O2S/c1-19(2)24(22,23)21-5-4-12(10-21)6-14-8-16-9-15(18-14)13-7-17-20(3)11-13/h7-9,11-12H,4-6,10H2,1-3H3. The predicted octanol–water partition coefficient (Wildman–Crippen LogP) is 0.548.